The number of carbonyl (C=O) groups is 3. The lowest BCUT2D eigenvalue weighted by molar-refractivity contribution is -0.185. The van der Waals surface area contributed by atoms with E-state index in [1.807, 2.05) is 12.1 Å². The van der Waals surface area contributed by atoms with Crippen LogP contribution in [-0.4, -0.2) is 60.3 Å². The molecule has 1 aliphatic rings. The summed E-state index contributed by atoms with van der Waals surface area (Å²) in [7, 11) is 1.56. The van der Waals surface area contributed by atoms with E-state index in [2.05, 4.69) is 0 Å². The van der Waals surface area contributed by atoms with Crippen LogP contribution in [0.3, 0.4) is 0 Å². The van der Waals surface area contributed by atoms with Gasteiger partial charge < -0.3 is 24.2 Å². The Labute approximate surface area is 138 Å². The average molecular weight is 337 g/mol. The highest BCUT2D eigenvalue weighted by molar-refractivity contribution is 5.89. The molecule has 1 N–H and O–H groups in total. The van der Waals surface area contributed by atoms with Gasteiger partial charge in [0.05, 0.1) is 13.7 Å². The molecule has 0 bridgehead atoms. The van der Waals surface area contributed by atoms with Crippen LogP contribution in [-0.2, 0) is 30.4 Å². The molecule has 2 rings (SSSR count). The number of benzene rings is 1. The fourth-order valence-corrected chi connectivity index (χ4v) is 2.40. The van der Waals surface area contributed by atoms with Crippen LogP contribution in [0.2, 0.25) is 0 Å². The summed E-state index contributed by atoms with van der Waals surface area (Å²) in [6.07, 6.45) is -3.01. The Bertz CT molecular complexity index is 613. The SMILES string of the molecule is COc1ccc(CN2CCOC([C@@H](OC(C)=O)C(=O)O)C2=O)cc1. The van der Waals surface area contributed by atoms with Gasteiger partial charge in [0.15, 0.2) is 6.10 Å². The Hall–Kier alpha value is -2.61. The monoisotopic (exact) mass is 337 g/mol. The van der Waals surface area contributed by atoms with Crippen LogP contribution in [0.25, 0.3) is 0 Å². The summed E-state index contributed by atoms with van der Waals surface area (Å²) < 4.78 is 15.1. The third-order valence-corrected chi connectivity index (χ3v) is 3.56. The predicted molar refractivity (Wildman–Crippen MR) is 81.3 cm³/mol. The van der Waals surface area contributed by atoms with Crippen molar-refractivity contribution in [2.24, 2.45) is 0 Å². The number of carboxylic acids is 1. The molecule has 0 radical (unpaired) electrons. The Morgan fingerprint density at radius 1 is 1.38 bits per heavy atom. The van der Waals surface area contributed by atoms with E-state index in [9.17, 15) is 19.5 Å². The maximum Gasteiger partial charge on any atom is 0.348 e. The van der Waals surface area contributed by atoms with Crippen LogP contribution < -0.4 is 4.74 Å². The van der Waals surface area contributed by atoms with Gasteiger partial charge >= 0.3 is 11.9 Å². The van der Waals surface area contributed by atoms with Crippen molar-refractivity contribution in [1.29, 1.82) is 0 Å². The van der Waals surface area contributed by atoms with Gasteiger partial charge in [0, 0.05) is 20.0 Å². The summed E-state index contributed by atoms with van der Waals surface area (Å²) >= 11 is 0. The summed E-state index contributed by atoms with van der Waals surface area (Å²) in [6.45, 7) is 1.87. The van der Waals surface area contributed by atoms with E-state index < -0.39 is 30.1 Å². The van der Waals surface area contributed by atoms with E-state index in [4.69, 9.17) is 14.2 Å². The summed E-state index contributed by atoms with van der Waals surface area (Å²) in [5.74, 6) is -2.03. The lowest BCUT2D eigenvalue weighted by Crippen LogP contribution is -2.55. The molecule has 0 saturated carbocycles. The molecule has 1 unspecified atom stereocenters. The van der Waals surface area contributed by atoms with E-state index in [-0.39, 0.29) is 6.61 Å². The van der Waals surface area contributed by atoms with Crippen molar-refractivity contribution in [1.82, 2.24) is 4.90 Å². The second-order valence-electron chi connectivity index (χ2n) is 5.27. The molecule has 1 amide bonds. The molecule has 8 heteroatoms. The van der Waals surface area contributed by atoms with E-state index in [0.29, 0.717) is 18.8 Å². The van der Waals surface area contributed by atoms with E-state index in [1.54, 1.807) is 19.2 Å². The van der Waals surface area contributed by atoms with Gasteiger partial charge in [-0.25, -0.2) is 4.79 Å². The molecule has 1 saturated heterocycles. The number of carboxylic acid groups (broad SMARTS) is 1. The van der Waals surface area contributed by atoms with Crippen LogP contribution in [0.1, 0.15) is 12.5 Å². The first-order chi connectivity index (χ1) is 11.4. The summed E-state index contributed by atoms with van der Waals surface area (Å²) in [5.41, 5.74) is 0.865. The molecule has 1 aliphatic heterocycles. The zero-order valence-corrected chi connectivity index (χ0v) is 13.4. The topological polar surface area (TPSA) is 102 Å². The maximum atomic E-state index is 12.5. The number of ether oxygens (including phenoxy) is 3. The number of esters is 1. The second kappa shape index (κ2) is 7.78. The first-order valence-corrected chi connectivity index (χ1v) is 7.35. The molecule has 0 aromatic heterocycles. The minimum Gasteiger partial charge on any atom is -0.497 e. The Morgan fingerprint density at radius 3 is 2.58 bits per heavy atom. The minimum absolute atomic E-state index is 0.164. The predicted octanol–water partition coefficient (Wildman–Crippen LogP) is 0.439. The average Bonchev–Trinajstić information content (AvgIpc) is 2.55. The first-order valence-electron chi connectivity index (χ1n) is 7.35. The van der Waals surface area contributed by atoms with Gasteiger partial charge in [-0.1, -0.05) is 12.1 Å². The van der Waals surface area contributed by atoms with E-state index in [1.165, 1.54) is 4.90 Å². The highest BCUT2D eigenvalue weighted by Crippen LogP contribution is 2.18. The molecule has 1 fully saturated rings. The van der Waals surface area contributed by atoms with Crippen LogP contribution in [0.5, 0.6) is 5.75 Å². The molecular weight excluding hydrogens is 318 g/mol. The molecule has 24 heavy (non-hydrogen) atoms. The summed E-state index contributed by atoms with van der Waals surface area (Å²) in [6, 6.07) is 7.18. The molecule has 8 nitrogen and oxygen atoms in total. The van der Waals surface area contributed by atoms with Crippen LogP contribution >= 0.6 is 0 Å². The van der Waals surface area contributed by atoms with Crippen molar-refractivity contribution < 1.29 is 33.7 Å². The van der Waals surface area contributed by atoms with E-state index in [0.717, 1.165) is 12.5 Å². The van der Waals surface area contributed by atoms with Crippen molar-refractivity contribution in [2.75, 3.05) is 20.3 Å². The fourth-order valence-electron chi connectivity index (χ4n) is 2.40. The molecule has 130 valence electrons. The first kappa shape index (κ1) is 17.7. The number of morpholine rings is 1. The van der Waals surface area contributed by atoms with Gasteiger partial charge in [0.2, 0.25) is 6.10 Å². The third kappa shape index (κ3) is 4.23. The molecule has 0 spiro atoms. The van der Waals surface area contributed by atoms with Crippen LogP contribution in [0.4, 0.5) is 0 Å². The largest absolute Gasteiger partial charge is 0.497 e. The smallest absolute Gasteiger partial charge is 0.348 e. The molecule has 0 aliphatic carbocycles. The molecule has 1 heterocycles. The summed E-state index contributed by atoms with van der Waals surface area (Å²) in [4.78, 5) is 36.3. The molecular formula is C16H19NO7. The van der Waals surface area contributed by atoms with Gasteiger partial charge in [-0.3, -0.25) is 9.59 Å². The number of hydrogen-bond acceptors (Lipinski definition) is 6. The minimum atomic E-state index is -1.66. The van der Waals surface area contributed by atoms with Crippen molar-refractivity contribution >= 4 is 17.8 Å². The number of methoxy groups -OCH3 is 1. The lowest BCUT2D eigenvalue weighted by atomic mass is 10.1. The van der Waals surface area contributed by atoms with E-state index >= 15 is 0 Å². The number of rotatable bonds is 6. The van der Waals surface area contributed by atoms with Gasteiger partial charge in [-0.2, -0.15) is 0 Å². The van der Waals surface area contributed by atoms with Crippen LogP contribution in [0.15, 0.2) is 24.3 Å². The fraction of sp³-hybridized carbons (Fsp3) is 0.438. The van der Waals surface area contributed by atoms with Crippen molar-refractivity contribution in [3.8, 4) is 5.75 Å². The van der Waals surface area contributed by atoms with Crippen LogP contribution in [0, 0.1) is 0 Å². The van der Waals surface area contributed by atoms with Gasteiger partial charge in [-0.15, -0.1) is 0 Å². The number of hydrogen-bond donors (Lipinski definition) is 1. The van der Waals surface area contributed by atoms with Gasteiger partial charge in [0.1, 0.15) is 5.75 Å². The van der Waals surface area contributed by atoms with Crippen molar-refractivity contribution in [3.05, 3.63) is 29.8 Å². The Morgan fingerprint density at radius 2 is 2.04 bits per heavy atom. The van der Waals surface area contributed by atoms with Gasteiger partial charge in [-0.05, 0) is 17.7 Å². The standard InChI is InChI=1S/C16H19NO7/c1-10(18)24-14(16(20)21)13-15(19)17(7-8-23-13)9-11-3-5-12(22-2)6-4-11/h3-6,13-14H,7-9H2,1-2H3,(H,20,21)/t13?,14-/m1/s1. The normalized spacial score (nSPS) is 18.8. The second-order valence-corrected chi connectivity index (χ2v) is 5.27. The zero-order valence-electron chi connectivity index (χ0n) is 13.4. The highest BCUT2D eigenvalue weighted by atomic mass is 16.6. The summed E-state index contributed by atoms with van der Waals surface area (Å²) in [5, 5.41) is 9.18. The molecule has 2 atom stereocenters. The number of carbonyl (C=O) groups excluding carboxylic acids is 2. The Kier molecular flexibility index (Phi) is 5.75. The molecule has 1 aromatic rings. The number of aliphatic carboxylic acids is 1. The quantitative estimate of drug-likeness (QED) is 0.751. The lowest BCUT2D eigenvalue weighted by Gasteiger charge is -2.34. The number of amides is 1. The molecule has 1 aromatic carbocycles. The Balaban J connectivity index is 2.10. The number of nitrogens with zero attached hydrogens (tertiary/aromatic N) is 1. The third-order valence-electron chi connectivity index (χ3n) is 3.56. The van der Waals surface area contributed by atoms with Crippen molar-refractivity contribution in [2.45, 2.75) is 25.7 Å². The van der Waals surface area contributed by atoms with Crippen molar-refractivity contribution in [3.63, 3.8) is 0 Å². The zero-order chi connectivity index (χ0) is 17.7. The maximum absolute atomic E-state index is 12.5. The highest BCUT2D eigenvalue weighted by Gasteiger charge is 2.42. The van der Waals surface area contributed by atoms with Gasteiger partial charge in [0.25, 0.3) is 5.91 Å².